The van der Waals surface area contributed by atoms with Crippen LogP contribution in [0.1, 0.15) is 27.9 Å². The maximum absolute atomic E-state index is 12.4. The average Bonchev–Trinajstić information content (AvgIpc) is 2.54. The van der Waals surface area contributed by atoms with Crippen molar-refractivity contribution < 1.29 is 14.3 Å². The Kier molecular flexibility index (Phi) is 3.91. The SMILES string of the molecule is COc1cccc(CC(=O)c2ccc3c(c2)CCCO3)c1. The lowest BCUT2D eigenvalue weighted by atomic mass is 9.98. The van der Waals surface area contributed by atoms with Crippen LogP contribution in [-0.4, -0.2) is 19.5 Å². The average molecular weight is 282 g/mol. The first-order valence-corrected chi connectivity index (χ1v) is 7.18. The molecule has 108 valence electrons. The van der Waals surface area contributed by atoms with E-state index < -0.39 is 0 Å². The van der Waals surface area contributed by atoms with E-state index in [1.807, 2.05) is 42.5 Å². The third kappa shape index (κ3) is 3.07. The van der Waals surface area contributed by atoms with Crippen molar-refractivity contribution in [2.45, 2.75) is 19.3 Å². The summed E-state index contributed by atoms with van der Waals surface area (Å²) < 4.78 is 10.8. The Morgan fingerprint density at radius 2 is 2.14 bits per heavy atom. The molecule has 3 rings (SSSR count). The van der Waals surface area contributed by atoms with Gasteiger partial charge in [-0.25, -0.2) is 0 Å². The monoisotopic (exact) mass is 282 g/mol. The first kappa shape index (κ1) is 13.7. The fourth-order valence-corrected chi connectivity index (χ4v) is 2.60. The molecule has 2 aromatic rings. The lowest BCUT2D eigenvalue weighted by molar-refractivity contribution is 0.0992. The number of fused-ring (bicyclic) bond motifs is 1. The lowest BCUT2D eigenvalue weighted by Crippen LogP contribution is -2.10. The van der Waals surface area contributed by atoms with E-state index >= 15 is 0 Å². The Morgan fingerprint density at radius 3 is 3.00 bits per heavy atom. The molecule has 2 aromatic carbocycles. The zero-order chi connectivity index (χ0) is 14.7. The number of Topliss-reactive ketones (excluding diaryl/α,β-unsaturated/α-hetero) is 1. The van der Waals surface area contributed by atoms with E-state index in [4.69, 9.17) is 9.47 Å². The molecular weight excluding hydrogens is 264 g/mol. The minimum Gasteiger partial charge on any atom is -0.497 e. The minimum absolute atomic E-state index is 0.122. The smallest absolute Gasteiger partial charge is 0.167 e. The molecule has 3 nitrogen and oxygen atoms in total. The van der Waals surface area contributed by atoms with Gasteiger partial charge in [0.05, 0.1) is 13.7 Å². The number of hydrogen-bond acceptors (Lipinski definition) is 3. The van der Waals surface area contributed by atoms with Crippen LogP contribution in [0.4, 0.5) is 0 Å². The summed E-state index contributed by atoms with van der Waals surface area (Å²) in [6.07, 6.45) is 2.38. The highest BCUT2D eigenvalue weighted by molar-refractivity contribution is 5.97. The molecule has 0 saturated heterocycles. The van der Waals surface area contributed by atoms with Crippen molar-refractivity contribution in [1.82, 2.24) is 0 Å². The van der Waals surface area contributed by atoms with E-state index in [1.165, 1.54) is 0 Å². The molecule has 0 amide bonds. The Hall–Kier alpha value is -2.29. The van der Waals surface area contributed by atoms with Crippen molar-refractivity contribution >= 4 is 5.78 Å². The maximum atomic E-state index is 12.4. The van der Waals surface area contributed by atoms with E-state index in [0.29, 0.717) is 6.42 Å². The van der Waals surface area contributed by atoms with Gasteiger partial charge in [0.2, 0.25) is 0 Å². The highest BCUT2D eigenvalue weighted by atomic mass is 16.5. The molecule has 0 spiro atoms. The molecule has 0 atom stereocenters. The Bertz CT molecular complexity index is 661. The molecular formula is C18H18O3. The molecule has 0 unspecified atom stereocenters. The van der Waals surface area contributed by atoms with Gasteiger partial charge in [0.15, 0.2) is 5.78 Å². The second-order valence-electron chi connectivity index (χ2n) is 5.23. The van der Waals surface area contributed by atoms with Gasteiger partial charge in [0, 0.05) is 12.0 Å². The first-order valence-electron chi connectivity index (χ1n) is 7.18. The standard InChI is InChI=1S/C18H18O3/c1-20-16-6-2-4-13(10-16)11-17(19)14-7-8-18-15(12-14)5-3-9-21-18/h2,4,6-8,10,12H,3,5,9,11H2,1H3. The van der Waals surface area contributed by atoms with Gasteiger partial charge in [0.25, 0.3) is 0 Å². The predicted octanol–water partition coefficient (Wildman–Crippen LogP) is 3.45. The molecule has 1 aliphatic rings. The normalized spacial score (nSPS) is 13.2. The second-order valence-corrected chi connectivity index (χ2v) is 5.23. The molecule has 0 fully saturated rings. The van der Waals surface area contributed by atoms with Gasteiger partial charge < -0.3 is 9.47 Å². The van der Waals surface area contributed by atoms with E-state index in [-0.39, 0.29) is 5.78 Å². The number of ketones is 1. The van der Waals surface area contributed by atoms with Crippen LogP contribution in [0.15, 0.2) is 42.5 Å². The summed E-state index contributed by atoms with van der Waals surface area (Å²) in [4.78, 5) is 12.4. The quantitative estimate of drug-likeness (QED) is 0.806. The van der Waals surface area contributed by atoms with E-state index in [0.717, 1.165) is 47.6 Å². The third-order valence-corrected chi connectivity index (χ3v) is 3.73. The molecule has 1 aliphatic heterocycles. The van der Waals surface area contributed by atoms with Crippen molar-refractivity contribution in [3.63, 3.8) is 0 Å². The van der Waals surface area contributed by atoms with Crippen LogP contribution in [0.5, 0.6) is 11.5 Å². The number of methoxy groups -OCH3 is 1. The van der Waals surface area contributed by atoms with Gasteiger partial charge in [-0.1, -0.05) is 12.1 Å². The van der Waals surface area contributed by atoms with Crippen LogP contribution in [0, 0.1) is 0 Å². The molecule has 1 heterocycles. The Labute approximate surface area is 124 Å². The third-order valence-electron chi connectivity index (χ3n) is 3.73. The summed E-state index contributed by atoms with van der Waals surface area (Å²) in [6, 6.07) is 13.4. The molecule has 0 aliphatic carbocycles. The Balaban J connectivity index is 1.78. The molecule has 0 radical (unpaired) electrons. The van der Waals surface area contributed by atoms with E-state index in [2.05, 4.69) is 0 Å². The van der Waals surface area contributed by atoms with Gasteiger partial charge in [-0.3, -0.25) is 4.79 Å². The van der Waals surface area contributed by atoms with Crippen molar-refractivity contribution in [3.8, 4) is 11.5 Å². The molecule has 0 saturated carbocycles. The van der Waals surface area contributed by atoms with Crippen molar-refractivity contribution in [3.05, 3.63) is 59.2 Å². The number of carbonyl (C=O) groups excluding carboxylic acids is 1. The fraction of sp³-hybridized carbons (Fsp3) is 0.278. The minimum atomic E-state index is 0.122. The fourth-order valence-electron chi connectivity index (χ4n) is 2.60. The summed E-state index contributed by atoms with van der Waals surface area (Å²) in [5, 5.41) is 0. The molecule has 0 aromatic heterocycles. The topological polar surface area (TPSA) is 35.5 Å². The van der Waals surface area contributed by atoms with E-state index in [9.17, 15) is 4.79 Å². The van der Waals surface area contributed by atoms with Crippen LogP contribution >= 0.6 is 0 Å². The first-order chi connectivity index (χ1) is 10.3. The van der Waals surface area contributed by atoms with Gasteiger partial charge in [-0.05, 0) is 54.3 Å². The van der Waals surface area contributed by atoms with Crippen molar-refractivity contribution in [1.29, 1.82) is 0 Å². The number of aryl methyl sites for hydroxylation is 1. The predicted molar refractivity (Wildman–Crippen MR) is 81.3 cm³/mol. The highest BCUT2D eigenvalue weighted by Crippen LogP contribution is 2.26. The number of ether oxygens (including phenoxy) is 2. The van der Waals surface area contributed by atoms with Crippen LogP contribution in [-0.2, 0) is 12.8 Å². The van der Waals surface area contributed by atoms with Crippen LogP contribution in [0.2, 0.25) is 0 Å². The number of benzene rings is 2. The molecule has 0 N–H and O–H groups in total. The maximum Gasteiger partial charge on any atom is 0.167 e. The molecule has 3 heteroatoms. The highest BCUT2D eigenvalue weighted by Gasteiger charge is 2.14. The van der Waals surface area contributed by atoms with Crippen LogP contribution < -0.4 is 9.47 Å². The number of rotatable bonds is 4. The van der Waals surface area contributed by atoms with Gasteiger partial charge in [-0.2, -0.15) is 0 Å². The van der Waals surface area contributed by atoms with Gasteiger partial charge in [-0.15, -0.1) is 0 Å². The molecule has 0 bridgehead atoms. The van der Waals surface area contributed by atoms with Crippen molar-refractivity contribution in [2.24, 2.45) is 0 Å². The van der Waals surface area contributed by atoms with Gasteiger partial charge in [0.1, 0.15) is 11.5 Å². The molecule has 21 heavy (non-hydrogen) atoms. The van der Waals surface area contributed by atoms with E-state index in [1.54, 1.807) is 7.11 Å². The zero-order valence-electron chi connectivity index (χ0n) is 12.1. The lowest BCUT2D eigenvalue weighted by Gasteiger charge is -2.17. The number of carbonyl (C=O) groups is 1. The number of hydrogen-bond donors (Lipinski definition) is 0. The summed E-state index contributed by atoms with van der Waals surface area (Å²) in [6.45, 7) is 0.768. The van der Waals surface area contributed by atoms with Crippen LogP contribution in [0.3, 0.4) is 0 Å². The Morgan fingerprint density at radius 1 is 1.24 bits per heavy atom. The van der Waals surface area contributed by atoms with Crippen LogP contribution in [0.25, 0.3) is 0 Å². The second kappa shape index (κ2) is 6.00. The summed E-state index contributed by atoms with van der Waals surface area (Å²) >= 11 is 0. The summed E-state index contributed by atoms with van der Waals surface area (Å²) in [5.74, 6) is 1.81. The van der Waals surface area contributed by atoms with Crippen molar-refractivity contribution in [2.75, 3.05) is 13.7 Å². The summed E-state index contributed by atoms with van der Waals surface area (Å²) in [5.41, 5.74) is 2.85. The van der Waals surface area contributed by atoms with Gasteiger partial charge >= 0.3 is 0 Å². The summed E-state index contributed by atoms with van der Waals surface area (Å²) in [7, 11) is 1.63. The zero-order valence-corrected chi connectivity index (χ0v) is 12.1. The largest absolute Gasteiger partial charge is 0.497 e.